The third-order valence-electron chi connectivity index (χ3n) is 5.24. The maximum Gasteiger partial charge on any atom is 0.251 e. The molecule has 1 atom stereocenters. The highest BCUT2D eigenvalue weighted by Gasteiger charge is 2.24. The molecule has 2 aromatic heterocycles. The van der Waals surface area contributed by atoms with E-state index in [1.54, 1.807) is 12.3 Å². The molecule has 5 nitrogen and oxygen atoms in total. The first-order valence-electron chi connectivity index (χ1n) is 9.45. The Morgan fingerprint density at radius 3 is 2.86 bits per heavy atom. The fraction of sp³-hybridized carbons (Fsp3) is 0.130. The van der Waals surface area contributed by atoms with Gasteiger partial charge in [0.05, 0.1) is 12.6 Å². The molecule has 0 saturated carbocycles. The molecule has 0 fully saturated rings. The van der Waals surface area contributed by atoms with Gasteiger partial charge in [-0.2, -0.15) is 0 Å². The van der Waals surface area contributed by atoms with Crippen LogP contribution < -0.4 is 10.1 Å². The Kier molecular flexibility index (Phi) is 4.24. The predicted octanol–water partition coefficient (Wildman–Crippen LogP) is 4.62. The van der Waals surface area contributed by atoms with Crippen molar-refractivity contribution in [2.45, 2.75) is 12.5 Å². The second-order valence-electron chi connectivity index (χ2n) is 7.02. The first-order valence-corrected chi connectivity index (χ1v) is 9.45. The zero-order valence-electron chi connectivity index (χ0n) is 15.5. The van der Waals surface area contributed by atoms with Crippen LogP contribution in [0, 0.1) is 5.82 Å². The number of carbonyl (C=O) groups is 1. The van der Waals surface area contributed by atoms with Gasteiger partial charge in [-0.25, -0.2) is 9.37 Å². The van der Waals surface area contributed by atoms with E-state index in [0.717, 1.165) is 27.7 Å². The summed E-state index contributed by atoms with van der Waals surface area (Å²) >= 11 is 0. The largest absolute Gasteiger partial charge is 0.493 e. The van der Waals surface area contributed by atoms with Crippen molar-refractivity contribution in [1.29, 1.82) is 0 Å². The number of nitrogens with zero attached hydrogens (tertiary/aromatic N) is 1. The lowest BCUT2D eigenvalue weighted by Crippen LogP contribution is -2.32. The van der Waals surface area contributed by atoms with Gasteiger partial charge in [0.15, 0.2) is 0 Å². The van der Waals surface area contributed by atoms with Gasteiger partial charge >= 0.3 is 0 Å². The van der Waals surface area contributed by atoms with Gasteiger partial charge in [0.2, 0.25) is 0 Å². The molecule has 4 aromatic rings. The summed E-state index contributed by atoms with van der Waals surface area (Å²) in [7, 11) is 0. The third-order valence-corrected chi connectivity index (χ3v) is 5.24. The van der Waals surface area contributed by atoms with Crippen molar-refractivity contribution in [1.82, 2.24) is 15.3 Å². The van der Waals surface area contributed by atoms with Crippen molar-refractivity contribution >= 4 is 16.9 Å². The van der Waals surface area contributed by atoms with Crippen LogP contribution in [-0.2, 0) is 0 Å². The van der Waals surface area contributed by atoms with Crippen molar-refractivity contribution in [2.75, 3.05) is 6.61 Å². The predicted molar refractivity (Wildman–Crippen MR) is 108 cm³/mol. The molecule has 5 rings (SSSR count). The normalized spacial score (nSPS) is 15.6. The Labute approximate surface area is 166 Å². The number of pyridine rings is 1. The zero-order chi connectivity index (χ0) is 19.8. The van der Waals surface area contributed by atoms with E-state index in [9.17, 15) is 9.18 Å². The number of aromatic amines is 1. The number of ether oxygens (including phenoxy) is 1. The van der Waals surface area contributed by atoms with Crippen molar-refractivity contribution in [2.24, 2.45) is 0 Å². The average Bonchev–Trinajstić information content (AvgIpc) is 3.23. The van der Waals surface area contributed by atoms with E-state index < -0.39 is 0 Å². The van der Waals surface area contributed by atoms with Gasteiger partial charge in [-0.1, -0.05) is 18.2 Å². The number of amides is 1. The van der Waals surface area contributed by atoms with Gasteiger partial charge in [0.1, 0.15) is 17.2 Å². The number of hydrogen-bond donors (Lipinski definition) is 2. The zero-order valence-corrected chi connectivity index (χ0v) is 15.5. The van der Waals surface area contributed by atoms with Crippen LogP contribution in [0.1, 0.15) is 28.4 Å². The summed E-state index contributed by atoms with van der Waals surface area (Å²) in [5.41, 5.74) is 4.28. The summed E-state index contributed by atoms with van der Waals surface area (Å²) in [6.45, 7) is 0.440. The number of aromatic nitrogens is 2. The number of halogens is 1. The summed E-state index contributed by atoms with van der Waals surface area (Å²) < 4.78 is 18.9. The Morgan fingerprint density at radius 1 is 1.14 bits per heavy atom. The van der Waals surface area contributed by atoms with Gasteiger partial charge < -0.3 is 15.0 Å². The molecule has 0 bridgehead atoms. The summed E-state index contributed by atoms with van der Waals surface area (Å²) in [5, 5.41) is 4.08. The number of carbonyl (C=O) groups excluding carboxylic acids is 1. The number of fused-ring (bicyclic) bond motifs is 2. The molecule has 0 saturated heterocycles. The third kappa shape index (κ3) is 3.23. The second-order valence-corrected chi connectivity index (χ2v) is 7.02. The fourth-order valence-electron chi connectivity index (χ4n) is 3.77. The molecule has 1 aliphatic heterocycles. The molecule has 6 heteroatoms. The van der Waals surface area contributed by atoms with Gasteiger partial charge in [-0.15, -0.1) is 0 Å². The van der Waals surface area contributed by atoms with Crippen molar-refractivity contribution < 1.29 is 13.9 Å². The average molecular weight is 387 g/mol. The molecular formula is C23H18FN3O2. The standard InChI is InChI=1S/C23H18FN3O2/c24-16-5-6-19-20(9-12-29-21(19)13-16)27-23(28)15-3-1-14(2-4-15)17-7-10-25-22-18(17)8-11-26-22/h1-8,10-11,13,20H,9,12H2,(H,25,26)(H,27,28)/t20-/m0/s1. The summed E-state index contributed by atoms with van der Waals surface area (Å²) in [6.07, 6.45) is 4.27. The highest BCUT2D eigenvalue weighted by Crippen LogP contribution is 2.33. The Balaban J connectivity index is 1.37. The monoisotopic (exact) mass is 387 g/mol. The van der Waals surface area contributed by atoms with Crippen LogP contribution in [0.15, 0.2) is 67.0 Å². The number of nitrogens with one attached hydrogen (secondary N) is 2. The SMILES string of the molecule is O=C(N[C@H]1CCOc2cc(F)ccc21)c1ccc(-c2ccnc3[nH]ccc23)cc1. The van der Waals surface area contributed by atoms with E-state index in [0.29, 0.717) is 24.3 Å². The second kappa shape index (κ2) is 7.05. The Morgan fingerprint density at radius 2 is 2.00 bits per heavy atom. The van der Waals surface area contributed by atoms with Crippen LogP contribution >= 0.6 is 0 Å². The van der Waals surface area contributed by atoms with E-state index in [1.165, 1.54) is 12.1 Å². The topological polar surface area (TPSA) is 67.0 Å². The van der Waals surface area contributed by atoms with Crippen molar-refractivity contribution in [3.8, 4) is 16.9 Å². The smallest absolute Gasteiger partial charge is 0.251 e. The van der Waals surface area contributed by atoms with Gasteiger partial charge in [-0.3, -0.25) is 4.79 Å². The summed E-state index contributed by atoms with van der Waals surface area (Å²) in [5.74, 6) is -0.0238. The van der Waals surface area contributed by atoms with Crippen LogP contribution in [0.5, 0.6) is 5.75 Å². The highest BCUT2D eigenvalue weighted by atomic mass is 19.1. The molecule has 0 radical (unpaired) electrons. The van der Waals surface area contributed by atoms with E-state index >= 15 is 0 Å². The molecule has 29 heavy (non-hydrogen) atoms. The lowest BCUT2D eigenvalue weighted by molar-refractivity contribution is 0.0925. The lowest BCUT2D eigenvalue weighted by Gasteiger charge is -2.26. The number of rotatable bonds is 3. The minimum atomic E-state index is -0.348. The molecule has 1 aliphatic rings. The Hall–Kier alpha value is -3.67. The summed E-state index contributed by atoms with van der Waals surface area (Å²) in [6, 6.07) is 15.7. The van der Waals surface area contributed by atoms with Crippen LogP contribution in [-0.4, -0.2) is 22.5 Å². The summed E-state index contributed by atoms with van der Waals surface area (Å²) in [4.78, 5) is 20.2. The number of hydrogen-bond acceptors (Lipinski definition) is 3. The molecule has 0 aliphatic carbocycles. The van der Waals surface area contributed by atoms with E-state index in [-0.39, 0.29) is 17.8 Å². The van der Waals surface area contributed by atoms with Crippen LogP contribution in [0.4, 0.5) is 4.39 Å². The molecule has 0 spiro atoms. The van der Waals surface area contributed by atoms with Gasteiger partial charge in [-0.05, 0) is 41.5 Å². The van der Waals surface area contributed by atoms with Gasteiger partial charge in [0.25, 0.3) is 5.91 Å². The molecule has 144 valence electrons. The quantitative estimate of drug-likeness (QED) is 0.539. The highest BCUT2D eigenvalue weighted by molar-refractivity contribution is 5.96. The van der Waals surface area contributed by atoms with Gasteiger partial charge in [0, 0.05) is 41.4 Å². The minimum Gasteiger partial charge on any atom is -0.493 e. The maximum absolute atomic E-state index is 13.4. The minimum absolute atomic E-state index is 0.166. The van der Waals surface area contributed by atoms with E-state index in [1.807, 2.05) is 42.6 Å². The van der Waals surface area contributed by atoms with E-state index in [4.69, 9.17) is 4.74 Å². The fourth-order valence-corrected chi connectivity index (χ4v) is 3.77. The molecule has 2 aromatic carbocycles. The Bertz CT molecular complexity index is 1200. The first kappa shape index (κ1) is 17.4. The first-order chi connectivity index (χ1) is 14.2. The van der Waals surface area contributed by atoms with Crippen LogP contribution in [0.2, 0.25) is 0 Å². The number of benzene rings is 2. The number of H-pyrrole nitrogens is 1. The van der Waals surface area contributed by atoms with Crippen molar-refractivity contribution in [3.63, 3.8) is 0 Å². The maximum atomic E-state index is 13.4. The molecular weight excluding hydrogens is 369 g/mol. The molecule has 2 N–H and O–H groups in total. The molecule has 3 heterocycles. The molecule has 0 unspecified atom stereocenters. The van der Waals surface area contributed by atoms with Crippen molar-refractivity contribution in [3.05, 3.63) is 83.9 Å². The van der Waals surface area contributed by atoms with E-state index in [2.05, 4.69) is 15.3 Å². The van der Waals surface area contributed by atoms with Crippen LogP contribution in [0.3, 0.4) is 0 Å². The lowest BCUT2D eigenvalue weighted by atomic mass is 9.99. The molecule has 1 amide bonds. The van der Waals surface area contributed by atoms with Crippen LogP contribution in [0.25, 0.3) is 22.2 Å².